The van der Waals surface area contributed by atoms with Crippen LogP contribution in [0.3, 0.4) is 0 Å². The molecule has 0 bridgehead atoms. The third-order valence-corrected chi connectivity index (χ3v) is 5.25. The molecule has 0 saturated carbocycles. The number of nitrogens with one attached hydrogen (secondary N) is 2. The van der Waals surface area contributed by atoms with Crippen LogP contribution in [-0.2, 0) is 15.8 Å². The van der Waals surface area contributed by atoms with Crippen molar-refractivity contribution in [1.29, 1.82) is 0 Å². The summed E-state index contributed by atoms with van der Waals surface area (Å²) in [4.78, 5) is 11.6. The maximum absolute atomic E-state index is 10.9. The zero-order chi connectivity index (χ0) is 19.3. The van der Waals surface area contributed by atoms with Crippen LogP contribution >= 0.6 is 0 Å². The molecule has 148 valence electrons. The first-order valence-corrected chi connectivity index (χ1v) is 10.4. The molecule has 1 fully saturated rings. The predicted octanol–water partition coefficient (Wildman–Crippen LogP) is 1.88. The normalized spacial score (nSPS) is 15.7. The third-order valence-electron chi connectivity index (χ3n) is 4.62. The van der Waals surface area contributed by atoms with Gasteiger partial charge in [0.15, 0.2) is 11.1 Å². The highest BCUT2D eigenvalue weighted by Gasteiger charge is 2.18. The summed E-state index contributed by atoms with van der Waals surface area (Å²) >= 11 is -1.78. The molecule has 0 spiro atoms. The molecule has 1 atom stereocenters. The van der Waals surface area contributed by atoms with E-state index < -0.39 is 11.1 Å². The molecular formula is C18H22N6O3S. The number of pyridine rings is 2. The minimum Gasteiger partial charge on any atom is -0.384 e. The van der Waals surface area contributed by atoms with Gasteiger partial charge in [-0.15, -0.1) is 0 Å². The summed E-state index contributed by atoms with van der Waals surface area (Å²) in [5.74, 6) is 1.10. The average molecular weight is 402 g/mol. The van der Waals surface area contributed by atoms with Crippen molar-refractivity contribution in [3.63, 3.8) is 0 Å². The van der Waals surface area contributed by atoms with Gasteiger partial charge >= 0.3 is 0 Å². The molecule has 0 aromatic carbocycles. The Balaban J connectivity index is 1.74. The maximum Gasteiger partial charge on any atom is 0.152 e. The van der Waals surface area contributed by atoms with Gasteiger partial charge in [-0.25, -0.2) is 9.19 Å². The van der Waals surface area contributed by atoms with E-state index in [1.54, 1.807) is 12.4 Å². The molecule has 1 aliphatic rings. The quantitative estimate of drug-likeness (QED) is 0.405. The number of hydrogen-bond donors (Lipinski definition) is 3. The fraction of sp³-hybridized carbons (Fsp3) is 0.389. The lowest BCUT2D eigenvalue weighted by molar-refractivity contribution is 0.122. The Labute approximate surface area is 164 Å². The van der Waals surface area contributed by atoms with Crippen LogP contribution < -0.4 is 10.2 Å². The Morgan fingerprint density at radius 3 is 2.89 bits per heavy atom. The van der Waals surface area contributed by atoms with Crippen LogP contribution in [0, 0.1) is 0 Å². The Morgan fingerprint density at radius 1 is 1.29 bits per heavy atom. The van der Waals surface area contributed by atoms with E-state index in [4.69, 9.17) is 14.3 Å². The number of ether oxygens (including phenoxy) is 1. The van der Waals surface area contributed by atoms with Crippen molar-refractivity contribution < 1.29 is 13.5 Å². The lowest BCUT2D eigenvalue weighted by atomic mass is 10.1. The van der Waals surface area contributed by atoms with Gasteiger partial charge in [0.05, 0.1) is 24.7 Å². The van der Waals surface area contributed by atoms with Gasteiger partial charge in [-0.05, 0) is 18.6 Å². The predicted molar refractivity (Wildman–Crippen MR) is 109 cm³/mol. The van der Waals surface area contributed by atoms with E-state index in [1.807, 2.05) is 18.2 Å². The molecule has 4 heterocycles. The van der Waals surface area contributed by atoms with E-state index in [9.17, 15) is 4.21 Å². The van der Waals surface area contributed by atoms with E-state index in [-0.39, 0.29) is 5.75 Å². The largest absolute Gasteiger partial charge is 0.384 e. The monoisotopic (exact) mass is 402 g/mol. The van der Waals surface area contributed by atoms with E-state index in [1.165, 1.54) is 0 Å². The minimum atomic E-state index is -1.78. The number of anilines is 2. The number of aromatic amines is 1. The lowest BCUT2D eigenvalue weighted by Crippen LogP contribution is -2.36. The number of aromatic nitrogens is 4. The number of fused-ring (bicyclic) bond motifs is 1. The summed E-state index contributed by atoms with van der Waals surface area (Å²) in [6.45, 7) is 3.49. The number of morpholine rings is 1. The minimum absolute atomic E-state index is 0.243. The summed E-state index contributed by atoms with van der Waals surface area (Å²) in [6, 6.07) is 5.83. The highest BCUT2D eigenvalue weighted by Crippen LogP contribution is 2.32. The molecule has 10 heteroatoms. The first-order chi connectivity index (χ1) is 13.7. The van der Waals surface area contributed by atoms with Crippen molar-refractivity contribution in [2.45, 2.75) is 6.42 Å². The van der Waals surface area contributed by atoms with Crippen molar-refractivity contribution >= 4 is 33.5 Å². The molecule has 1 unspecified atom stereocenters. The second-order valence-electron chi connectivity index (χ2n) is 6.46. The molecule has 0 amide bonds. The fourth-order valence-electron chi connectivity index (χ4n) is 3.24. The van der Waals surface area contributed by atoms with E-state index in [0.29, 0.717) is 26.2 Å². The van der Waals surface area contributed by atoms with Crippen LogP contribution in [-0.4, -0.2) is 67.5 Å². The topological polar surface area (TPSA) is 116 Å². The van der Waals surface area contributed by atoms with Crippen LogP contribution in [0.1, 0.15) is 6.42 Å². The molecule has 3 aromatic rings. The number of rotatable bonds is 7. The van der Waals surface area contributed by atoms with E-state index >= 15 is 0 Å². The third kappa shape index (κ3) is 4.13. The van der Waals surface area contributed by atoms with E-state index in [0.717, 1.165) is 46.9 Å². The first-order valence-electron chi connectivity index (χ1n) is 9.16. The maximum atomic E-state index is 10.9. The molecular weight excluding hydrogens is 380 g/mol. The van der Waals surface area contributed by atoms with Crippen LogP contribution in [0.2, 0.25) is 0 Å². The lowest BCUT2D eigenvalue weighted by Gasteiger charge is -2.28. The smallest absolute Gasteiger partial charge is 0.152 e. The number of nitrogens with zero attached hydrogens (tertiary/aromatic N) is 4. The van der Waals surface area contributed by atoms with Gasteiger partial charge in [0.1, 0.15) is 17.0 Å². The summed E-state index contributed by atoms with van der Waals surface area (Å²) in [6.07, 6.45) is 4.04. The van der Waals surface area contributed by atoms with Crippen molar-refractivity contribution in [3.8, 4) is 11.4 Å². The van der Waals surface area contributed by atoms with Crippen LogP contribution in [0.15, 0.2) is 30.6 Å². The van der Waals surface area contributed by atoms with E-state index in [2.05, 4.69) is 25.4 Å². The summed E-state index contributed by atoms with van der Waals surface area (Å²) in [5.41, 5.74) is 3.26. The van der Waals surface area contributed by atoms with Gasteiger partial charge in [-0.1, -0.05) is 0 Å². The van der Waals surface area contributed by atoms with Gasteiger partial charge < -0.3 is 19.5 Å². The second kappa shape index (κ2) is 8.63. The zero-order valence-corrected chi connectivity index (χ0v) is 16.1. The number of H-pyrrole nitrogens is 1. The van der Waals surface area contributed by atoms with Gasteiger partial charge in [-0.2, -0.15) is 5.10 Å². The highest BCUT2D eigenvalue weighted by molar-refractivity contribution is 7.79. The Hall–Kier alpha value is -2.56. The van der Waals surface area contributed by atoms with Crippen LogP contribution in [0.25, 0.3) is 22.3 Å². The van der Waals surface area contributed by atoms with Gasteiger partial charge in [0.2, 0.25) is 0 Å². The van der Waals surface area contributed by atoms with Gasteiger partial charge in [0, 0.05) is 49.2 Å². The van der Waals surface area contributed by atoms with Crippen LogP contribution in [0.4, 0.5) is 11.5 Å². The first kappa shape index (κ1) is 18.8. The Morgan fingerprint density at radius 2 is 2.14 bits per heavy atom. The standard InChI is InChI=1S/C18H22N6O3S/c25-28(26)11-1-4-19-15-12-16(24-7-9-27-10-8-24)22-17-13(15)2-5-20-18(17)14-3-6-21-23-14/h2-3,5-6,12H,1,4,7-11H2,(H,19,22)(H,21,23)(H,25,26). The van der Waals surface area contributed by atoms with Crippen molar-refractivity contribution in [1.82, 2.24) is 20.2 Å². The van der Waals surface area contributed by atoms with Gasteiger partial charge in [-0.3, -0.25) is 10.1 Å². The van der Waals surface area contributed by atoms with Crippen molar-refractivity contribution in [3.05, 3.63) is 30.6 Å². The zero-order valence-electron chi connectivity index (χ0n) is 15.3. The average Bonchev–Trinajstić information content (AvgIpc) is 3.25. The van der Waals surface area contributed by atoms with Crippen molar-refractivity contribution in [2.75, 3.05) is 48.8 Å². The Bertz CT molecular complexity index is 959. The number of hydrogen-bond acceptors (Lipinski definition) is 7. The molecule has 1 aliphatic heterocycles. The highest BCUT2D eigenvalue weighted by atomic mass is 32.2. The van der Waals surface area contributed by atoms with Crippen molar-refractivity contribution in [2.24, 2.45) is 0 Å². The molecule has 0 radical (unpaired) electrons. The molecule has 4 rings (SSSR count). The summed E-state index contributed by atoms with van der Waals surface area (Å²) in [7, 11) is 0. The molecule has 9 nitrogen and oxygen atoms in total. The van der Waals surface area contributed by atoms with Gasteiger partial charge in [0.25, 0.3) is 0 Å². The molecule has 28 heavy (non-hydrogen) atoms. The molecule has 3 aromatic heterocycles. The summed E-state index contributed by atoms with van der Waals surface area (Å²) in [5, 5.41) is 11.3. The molecule has 3 N–H and O–H groups in total. The molecule has 0 aliphatic carbocycles. The fourth-order valence-corrected chi connectivity index (χ4v) is 3.63. The SMILES string of the molecule is O=S(O)CCCNc1cc(N2CCOCC2)nc2c(-c3ccn[nH]3)nccc12. The summed E-state index contributed by atoms with van der Waals surface area (Å²) < 4.78 is 25.3. The Kier molecular flexibility index (Phi) is 5.79. The molecule has 1 saturated heterocycles. The van der Waals surface area contributed by atoms with Crippen LogP contribution in [0.5, 0.6) is 0 Å². The second-order valence-corrected chi connectivity index (χ2v) is 7.51.